The molecule has 0 N–H and O–H groups in total. The molecule has 0 aliphatic carbocycles. The van der Waals surface area contributed by atoms with Gasteiger partial charge in [-0.15, -0.1) is 0 Å². The van der Waals surface area contributed by atoms with Gasteiger partial charge in [0.1, 0.15) is 0 Å². The summed E-state index contributed by atoms with van der Waals surface area (Å²) in [5, 5.41) is 10.6. The Kier molecular flexibility index (Phi) is 2.95. The van der Waals surface area contributed by atoms with E-state index >= 15 is 0 Å². The maximum absolute atomic E-state index is 10.6. The third kappa shape index (κ3) is 2.54. The first kappa shape index (κ1) is 11.2. The molecule has 0 fully saturated rings. The first-order chi connectivity index (χ1) is 6.30. The lowest BCUT2D eigenvalue weighted by Gasteiger charge is -2.18. The molecule has 1 aromatic carbocycles. The van der Waals surface area contributed by atoms with Crippen molar-refractivity contribution >= 4 is 21.6 Å². The van der Waals surface area contributed by atoms with E-state index in [0.29, 0.717) is 0 Å². The van der Waals surface area contributed by atoms with E-state index in [2.05, 4.69) is 15.9 Å². The predicted octanol–water partition coefficient (Wildman–Crippen LogP) is 3.65. The normalized spacial score (nSPS) is 11.4. The zero-order valence-corrected chi connectivity index (χ0v) is 9.96. The van der Waals surface area contributed by atoms with Gasteiger partial charge in [-0.1, -0.05) is 36.7 Å². The van der Waals surface area contributed by atoms with Gasteiger partial charge < -0.3 is 0 Å². The van der Waals surface area contributed by atoms with Crippen LogP contribution in [0.5, 0.6) is 0 Å². The minimum absolute atomic E-state index is 0.0749. The second-order valence-electron chi connectivity index (χ2n) is 4.21. The fourth-order valence-corrected chi connectivity index (χ4v) is 1.59. The number of halogens is 1. The summed E-state index contributed by atoms with van der Waals surface area (Å²) in [6.45, 7) is 6.08. The van der Waals surface area contributed by atoms with Gasteiger partial charge in [-0.2, -0.15) is 0 Å². The summed E-state index contributed by atoms with van der Waals surface area (Å²) < 4.78 is 0.747. The molecule has 0 aliphatic heterocycles. The van der Waals surface area contributed by atoms with Gasteiger partial charge in [0, 0.05) is 16.6 Å². The van der Waals surface area contributed by atoms with Crippen LogP contribution in [-0.2, 0) is 5.41 Å². The Morgan fingerprint density at radius 1 is 1.29 bits per heavy atom. The standard InChI is InChI=1S/C10H12BrNO2/c1-10(2,3)7-4-8(11)6-9(5-7)12(13)14/h4-6H,1-3H3. The fraction of sp³-hybridized carbons (Fsp3) is 0.400. The quantitative estimate of drug-likeness (QED) is 0.570. The number of nitro groups is 1. The molecule has 0 saturated heterocycles. The van der Waals surface area contributed by atoms with E-state index < -0.39 is 0 Å². The van der Waals surface area contributed by atoms with Crippen LogP contribution in [0.25, 0.3) is 0 Å². The number of benzene rings is 1. The van der Waals surface area contributed by atoms with E-state index in [9.17, 15) is 10.1 Å². The second-order valence-corrected chi connectivity index (χ2v) is 5.12. The second kappa shape index (κ2) is 3.69. The van der Waals surface area contributed by atoms with Crippen LogP contribution in [-0.4, -0.2) is 4.92 Å². The monoisotopic (exact) mass is 257 g/mol. The Morgan fingerprint density at radius 3 is 2.29 bits per heavy atom. The lowest BCUT2D eigenvalue weighted by molar-refractivity contribution is -0.385. The smallest absolute Gasteiger partial charge is 0.258 e. The molecule has 0 amide bonds. The fourth-order valence-electron chi connectivity index (χ4n) is 1.11. The van der Waals surface area contributed by atoms with Crippen molar-refractivity contribution in [3.8, 4) is 0 Å². The Balaban J connectivity index is 3.28. The number of hydrogen-bond acceptors (Lipinski definition) is 2. The molecule has 0 saturated carbocycles. The minimum Gasteiger partial charge on any atom is -0.258 e. The molecule has 1 aromatic rings. The van der Waals surface area contributed by atoms with Crippen molar-refractivity contribution in [2.75, 3.05) is 0 Å². The third-order valence-corrected chi connectivity index (χ3v) is 2.42. The number of nitrogens with zero attached hydrogens (tertiary/aromatic N) is 1. The lowest BCUT2D eigenvalue weighted by Crippen LogP contribution is -2.11. The molecule has 76 valence electrons. The molecule has 0 unspecified atom stereocenters. The van der Waals surface area contributed by atoms with Crippen LogP contribution in [0.15, 0.2) is 22.7 Å². The van der Waals surface area contributed by atoms with Crippen molar-refractivity contribution in [3.63, 3.8) is 0 Å². The van der Waals surface area contributed by atoms with Gasteiger partial charge in [0.25, 0.3) is 5.69 Å². The van der Waals surface area contributed by atoms with Gasteiger partial charge in [-0.25, -0.2) is 0 Å². The van der Waals surface area contributed by atoms with E-state index in [4.69, 9.17) is 0 Å². The summed E-state index contributed by atoms with van der Waals surface area (Å²) in [4.78, 5) is 10.2. The van der Waals surface area contributed by atoms with Gasteiger partial charge in [-0.05, 0) is 17.0 Å². The lowest BCUT2D eigenvalue weighted by atomic mass is 9.87. The molecular weight excluding hydrogens is 246 g/mol. The molecule has 0 heterocycles. The third-order valence-electron chi connectivity index (χ3n) is 1.96. The molecular formula is C10H12BrNO2. The molecule has 0 bridgehead atoms. The van der Waals surface area contributed by atoms with Crippen molar-refractivity contribution in [1.29, 1.82) is 0 Å². The van der Waals surface area contributed by atoms with Crippen LogP contribution in [0, 0.1) is 10.1 Å². The number of nitro benzene ring substituents is 1. The van der Waals surface area contributed by atoms with Crippen molar-refractivity contribution in [2.45, 2.75) is 26.2 Å². The van der Waals surface area contributed by atoms with Crippen LogP contribution in [0.4, 0.5) is 5.69 Å². The molecule has 0 radical (unpaired) electrons. The zero-order chi connectivity index (χ0) is 10.9. The highest BCUT2D eigenvalue weighted by Crippen LogP contribution is 2.29. The average Bonchev–Trinajstić information content (AvgIpc) is 2.01. The molecule has 0 aliphatic rings. The van der Waals surface area contributed by atoms with Crippen LogP contribution >= 0.6 is 15.9 Å². The largest absolute Gasteiger partial charge is 0.270 e. The summed E-state index contributed by atoms with van der Waals surface area (Å²) in [5.74, 6) is 0. The predicted molar refractivity (Wildman–Crippen MR) is 59.5 cm³/mol. The Labute approximate surface area is 91.4 Å². The highest BCUT2D eigenvalue weighted by atomic mass is 79.9. The SMILES string of the molecule is CC(C)(C)c1cc(Br)cc([N+](=O)[O-])c1. The Bertz CT molecular complexity index is 369. The van der Waals surface area contributed by atoms with E-state index in [0.717, 1.165) is 10.0 Å². The molecule has 1 rings (SSSR count). The average molecular weight is 258 g/mol. The van der Waals surface area contributed by atoms with Crippen molar-refractivity contribution in [2.24, 2.45) is 0 Å². The van der Waals surface area contributed by atoms with Gasteiger partial charge in [0.15, 0.2) is 0 Å². The molecule has 0 aromatic heterocycles. The first-order valence-corrected chi connectivity index (χ1v) is 5.05. The van der Waals surface area contributed by atoms with Gasteiger partial charge in [-0.3, -0.25) is 10.1 Å². The maximum Gasteiger partial charge on any atom is 0.270 e. The minimum atomic E-state index is -0.375. The van der Waals surface area contributed by atoms with Gasteiger partial charge in [0.05, 0.1) is 4.92 Å². The van der Waals surface area contributed by atoms with Crippen LogP contribution in [0.2, 0.25) is 0 Å². The Morgan fingerprint density at radius 2 is 1.86 bits per heavy atom. The first-order valence-electron chi connectivity index (χ1n) is 4.26. The zero-order valence-electron chi connectivity index (χ0n) is 8.37. The summed E-state index contributed by atoms with van der Waals surface area (Å²) in [7, 11) is 0. The molecule has 0 spiro atoms. The summed E-state index contributed by atoms with van der Waals surface area (Å²) >= 11 is 3.27. The Hall–Kier alpha value is -0.900. The topological polar surface area (TPSA) is 43.1 Å². The molecule has 3 nitrogen and oxygen atoms in total. The van der Waals surface area contributed by atoms with E-state index in [1.165, 1.54) is 6.07 Å². The van der Waals surface area contributed by atoms with Gasteiger partial charge in [0.2, 0.25) is 0 Å². The maximum atomic E-state index is 10.6. The molecule has 0 atom stereocenters. The van der Waals surface area contributed by atoms with Gasteiger partial charge >= 0.3 is 0 Å². The summed E-state index contributed by atoms with van der Waals surface area (Å²) in [5.41, 5.74) is 1.01. The van der Waals surface area contributed by atoms with Crippen molar-refractivity contribution in [3.05, 3.63) is 38.3 Å². The summed E-state index contributed by atoms with van der Waals surface area (Å²) in [6, 6.07) is 5.03. The van der Waals surface area contributed by atoms with E-state index in [-0.39, 0.29) is 16.0 Å². The highest BCUT2D eigenvalue weighted by molar-refractivity contribution is 9.10. The summed E-state index contributed by atoms with van der Waals surface area (Å²) in [6.07, 6.45) is 0. The van der Waals surface area contributed by atoms with Crippen LogP contribution < -0.4 is 0 Å². The number of hydrogen-bond donors (Lipinski definition) is 0. The number of non-ortho nitro benzene ring substituents is 1. The molecule has 4 heteroatoms. The highest BCUT2D eigenvalue weighted by Gasteiger charge is 2.18. The molecule has 14 heavy (non-hydrogen) atoms. The van der Waals surface area contributed by atoms with E-state index in [1.807, 2.05) is 26.8 Å². The van der Waals surface area contributed by atoms with Crippen LogP contribution in [0.1, 0.15) is 26.3 Å². The number of rotatable bonds is 1. The van der Waals surface area contributed by atoms with Crippen molar-refractivity contribution < 1.29 is 4.92 Å². The van der Waals surface area contributed by atoms with E-state index in [1.54, 1.807) is 6.07 Å². The van der Waals surface area contributed by atoms with Crippen LogP contribution in [0.3, 0.4) is 0 Å². The van der Waals surface area contributed by atoms with Crippen molar-refractivity contribution in [1.82, 2.24) is 0 Å².